The molecule has 0 fully saturated rings. The van der Waals surface area contributed by atoms with E-state index in [-0.39, 0.29) is 31.0 Å². The van der Waals surface area contributed by atoms with Gasteiger partial charge >= 0.3 is 29.6 Å². The average Bonchev–Trinajstić information content (AvgIpc) is 1.25. The zero-order chi connectivity index (χ0) is 7.15. The summed E-state index contributed by atoms with van der Waals surface area (Å²) in [4.78, 5) is 0. The maximum absolute atomic E-state index is 9.56. The smallest absolute Gasteiger partial charge is 1.00 e. The minimum atomic E-state index is -0.611. The first-order valence-corrected chi connectivity index (χ1v) is 5.90. The fourth-order valence-corrected chi connectivity index (χ4v) is 0. The van der Waals surface area contributed by atoms with Crippen molar-refractivity contribution in [1.29, 1.82) is 0 Å². The third-order valence-corrected chi connectivity index (χ3v) is 0. The molecule has 0 unspecified atom stereocenters. The van der Waals surface area contributed by atoms with Crippen molar-refractivity contribution in [1.82, 2.24) is 0 Å². The molecule has 0 radical (unpaired) electrons. The molecule has 0 amide bonds. The van der Waals surface area contributed by atoms with Crippen LogP contribution in [-0.4, -0.2) is 33.4 Å². The number of rotatable bonds is 0. The summed E-state index contributed by atoms with van der Waals surface area (Å²) in [5.74, 6) is 0. The van der Waals surface area contributed by atoms with Gasteiger partial charge in [0.15, 0.2) is 0 Å². The Morgan fingerprint density at radius 3 is 0.889 bits per heavy atom. The third kappa shape index (κ3) is 293. The molecule has 0 spiro atoms. The first-order valence-electron chi connectivity index (χ1n) is 1.97. The summed E-state index contributed by atoms with van der Waals surface area (Å²) in [6.07, 6.45) is 6.56. The molecular weight excluding hydrogens is 167 g/mol. The maximum Gasteiger partial charge on any atom is 1.00 e. The van der Waals surface area contributed by atoms with E-state index in [2.05, 4.69) is 0 Å². The van der Waals surface area contributed by atoms with Crippen LogP contribution in [0.4, 0.5) is 0 Å². The second kappa shape index (κ2) is 12.0. The van der Waals surface area contributed by atoms with E-state index in [9.17, 15) is 8.42 Å². The molecule has 54 valence electrons. The topological polar surface area (TPSA) is 34.1 Å². The number of hydrogen-bond donors (Lipinski definition) is 0. The Morgan fingerprint density at radius 1 is 0.889 bits per heavy atom. The maximum atomic E-state index is 9.56. The van der Waals surface area contributed by atoms with Crippen LogP contribution in [0.5, 0.6) is 0 Å². The second-order valence-electron chi connectivity index (χ2n) is 1.48. The van der Waals surface area contributed by atoms with Crippen LogP contribution in [0.3, 0.4) is 0 Å². The monoisotopic (exact) mass is 180 g/mol. The summed E-state index contributed by atoms with van der Waals surface area (Å²) in [7, 11) is -1.22. The van der Waals surface area contributed by atoms with E-state index in [1.807, 2.05) is 0 Å². The van der Waals surface area contributed by atoms with Gasteiger partial charge in [0.25, 0.3) is 0 Å². The SMILES string of the molecule is CS(C)=O.CS(C)=O.[H-].[Na+]. The summed E-state index contributed by atoms with van der Waals surface area (Å²) in [5, 5.41) is 0. The summed E-state index contributed by atoms with van der Waals surface area (Å²) in [5.41, 5.74) is 0. The Balaban J connectivity index is -0.0000000300. The van der Waals surface area contributed by atoms with Crippen molar-refractivity contribution in [3.05, 3.63) is 0 Å². The Hall–Kier alpha value is 1.30. The van der Waals surface area contributed by atoms with E-state index in [1.54, 1.807) is 25.0 Å². The predicted molar refractivity (Wildman–Crippen MR) is 41.1 cm³/mol. The van der Waals surface area contributed by atoms with Crippen LogP contribution in [-0.2, 0) is 21.6 Å². The van der Waals surface area contributed by atoms with Crippen LogP contribution >= 0.6 is 0 Å². The Bertz CT molecular complexity index is 79.3. The molecule has 0 aromatic heterocycles. The van der Waals surface area contributed by atoms with Crippen LogP contribution in [0, 0.1) is 0 Å². The molecule has 0 saturated heterocycles. The van der Waals surface area contributed by atoms with E-state index in [0.29, 0.717) is 0 Å². The first-order chi connectivity index (χ1) is 3.46. The second-order valence-corrected chi connectivity index (χ2v) is 4.45. The van der Waals surface area contributed by atoms with Crippen molar-refractivity contribution < 1.29 is 39.4 Å². The predicted octanol–water partition coefficient (Wildman–Crippen LogP) is -2.89. The summed E-state index contributed by atoms with van der Waals surface area (Å²) in [6, 6.07) is 0. The van der Waals surface area contributed by atoms with E-state index < -0.39 is 21.6 Å². The van der Waals surface area contributed by atoms with Crippen LogP contribution in [0.25, 0.3) is 0 Å². The third-order valence-electron chi connectivity index (χ3n) is 0. The molecule has 0 aliphatic heterocycles. The minimum Gasteiger partial charge on any atom is -1.00 e. The first kappa shape index (κ1) is 16.7. The van der Waals surface area contributed by atoms with Crippen LogP contribution in [0.1, 0.15) is 1.43 Å². The molecule has 0 saturated carbocycles. The fraction of sp³-hybridized carbons (Fsp3) is 1.00. The van der Waals surface area contributed by atoms with Crippen LogP contribution in [0.2, 0.25) is 0 Å². The van der Waals surface area contributed by atoms with Gasteiger partial charge in [-0.1, -0.05) is 0 Å². The molecule has 0 atom stereocenters. The molecule has 0 rings (SSSR count). The Kier molecular flexibility index (Phi) is 22.3. The Labute approximate surface area is 85.5 Å². The van der Waals surface area contributed by atoms with Gasteiger partial charge in [0, 0.05) is 46.6 Å². The van der Waals surface area contributed by atoms with Crippen molar-refractivity contribution in [2.75, 3.05) is 25.0 Å². The molecule has 0 aromatic rings. The van der Waals surface area contributed by atoms with Gasteiger partial charge in [0.1, 0.15) is 0 Å². The van der Waals surface area contributed by atoms with Gasteiger partial charge in [-0.05, 0) is 0 Å². The molecule has 0 bridgehead atoms. The summed E-state index contributed by atoms with van der Waals surface area (Å²) >= 11 is 0. The van der Waals surface area contributed by atoms with Gasteiger partial charge in [0.05, 0.1) is 0 Å². The van der Waals surface area contributed by atoms with Crippen molar-refractivity contribution in [2.45, 2.75) is 0 Å². The van der Waals surface area contributed by atoms with E-state index in [4.69, 9.17) is 0 Å². The summed E-state index contributed by atoms with van der Waals surface area (Å²) in [6.45, 7) is 0. The molecule has 0 N–H and O–H groups in total. The molecule has 0 aromatic carbocycles. The van der Waals surface area contributed by atoms with E-state index in [1.165, 1.54) is 0 Å². The standard InChI is InChI=1S/2C2H6OS.Na.H/c2*1-4(2)3;;/h2*1-2H3;;/q;;+1;-1. The zero-order valence-corrected chi connectivity index (χ0v) is 10.3. The summed E-state index contributed by atoms with van der Waals surface area (Å²) < 4.78 is 19.1. The van der Waals surface area contributed by atoms with E-state index >= 15 is 0 Å². The van der Waals surface area contributed by atoms with Gasteiger partial charge in [-0.2, -0.15) is 0 Å². The molecule has 9 heavy (non-hydrogen) atoms. The van der Waals surface area contributed by atoms with Crippen LogP contribution in [0.15, 0.2) is 0 Å². The molecule has 0 heterocycles. The van der Waals surface area contributed by atoms with Crippen molar-refractivity contribution in [2.24, 2.45) is 0 Å². The molecule has 2 nitrogen and oxygen atoms in total. The van der Waals surface area contributed by atoms with Crippen molar-refractivity contribution in [3.63, 3.8) is 0 Å². The largest absolute Gasteiger partial charge is 1.00 e. The van der Waals surface area contributed by atoms with Gasteiger partial charge in [-0.25, -0.2) is 0 Å². The minimum absolute atomic E-state index is 0. The van der Waals surface area contributed by atoms with Crippen molar-refractivity contribution >= 4 is 21.6 Å². The molecule has 0 aliphatic carbocycles. The van der Waals surface area contributed by atoms with Gasteiger partial charge in [-0.3, -0.25) is 8.42 Å². The van der Waals surface area contributed by atoms with E-state index in [0.717, 1.165) is 0 Å². The zero-order valence-electron chi connectivity index (χ0n) is 7.63. The quantitative estimate of drug-likeness (QED) is 0.375. The van der Waals surface area contributed by atoms with Gasteiger partial charge < -0.3 is 1.43 Å². The van der Waals surface area contributed by atoms with Crippen molar-refractivity contribution in [3.8, 4) is 0 Å². The molecule has 0 aliphatic rings. The Morgan fingerprint density at radius 2 is 0.889 bits per heavy atom. The van der Waals surface area contributed by atoms with Gasteiger partial charge in [-0.15, -0.1) is 0 Å². The van der Waals surface area contributed by atoms with Gasteiger partial charge in [0.2, 0.25) is 0 Å². The van der Waals surface area contributed by atoms with Crippen LogP contribution < -0.4 is 29.6 Å². The molecular formula is C4H13NaO2S2. The molecule has 5 heteroatoms. The normalized spacial score (nSPS) is 7.78. The fourth-order valence-electron chi connectivity index (χ4n) is 0. The average molecular weight is 180 g/mol. The number of hydrogen-bond acceptors (Lipinski definition) is 2.